The van der Waals surface area contributed by atoms with Crippen LogP contribution in [0.3, 0.4) is 0 Å². The van der Waals surface area contributed by atoms with E-state index < -0.39 is 0 Å². The van der Waals surface area contributed by atoms with Crippen molar-refractivity contribution in [3.8, 4) is 11.5 Å². The summed E-state index contributed by atoms with van der Waals surface area (Å²) in [5.41, 5.74) is 1.13. The topological polar surface area (TPSA) is 56.2 Å². The van der Waals surface area contributed by atoms with Gasteiger partial charge in [-0.3, -0.25) is 14.6 Å². The number of piperazine rings is 1. The Bertz CT molecular complexity index is 932. The number of hydrogen-bond donors (Lipinski definition) is 1. The zero-order chi connectivity index (χ0) is 22.1. The first-order valence-electron chi connectivity index (χ1n) is 11.7. The Hall–Kier alpha value is -2.09. The number of benzene rings is 1. The standard InChI is InChI=1S/C25H33N3O3S/c1-31-22-6-2-4-19(23(22)29)17-26-9-7-25(8-10-26)16-21(25)24(30)28-13-11-27(12-14-28)18-20-5-3-15-32-20/h2-6,15,21,29H,7-14,16-18H2,1H3. The molecule has 7 heteroatoms. The van der Waals surface area contributed by atoms with E-state index in [2.05, 4.69) is 32.2 Å². The Morgan fingerprint density at radius 2 is 1.81 bits per heavy atom. The minimum absolute atomic E-state index is 0.220. The van der Waals surface area contributed by atoms with Crippen LogP contribution in [0.25, 0.3) is 0 Å². The summed E-state index contributed by atoms with van der Waals surface area (Å²) in [6.45, 7) is 7.36. The highest BCUT2D eigenvalue weighted by Gasteiger charge is 2.59. The summed E-state index contributed by atoms with van der Waals surface area (Å²) in [7, 11) is 1.58. The van der Waals surface area contributed by atoms with Crippen molar-refractivity contribution in [1.82, 2.24) is 14.7 Å². The third-order valence-electron chi connectivity index (χ3n) is 7.68. The van der Waals surface area contributed by atoms with Crippen LogP contribution in [0.4, 0.5) is 0 Å². The molecule has 3 aliphatic rings. The summed E-state index contributed by atoms with van der Waals surface area (Å²) in [6, 6.07) is 9.97. The van der Waals surface area contributed by atoms with Crippen molar-refractivity contribution in [2.24, 2.45) is 11.3 Å². The Balaban J connectivity index is 1.09. The second-order valence-corrected chi connectivity index (χ2v) is 10.6. The van der Waals surface area contributed by atoms with E-state index in [4.69, 9.17) is 4.74 Å². The van der Waals surface area contributed by atoms with E-state index in [1.54, 1.807) is 13.2 Å². The summed E-state index contributed by atoms with van der Waals surface area (Å²) >= 11 is 1.81. The number of carbonyl (C=O) groups is 1. The molecule has 5 rings (SSSR count). The Morgan fingerprint density at radius 1 is 1.06 bits per heavy atom. The number of carbonyl (C=O) groups excluding carboxylic acids is 1. The first kappa shape index (κ1) is 21.7. The summed E-state index contributed by atoms with van der Waals surface area (Å²) < 4.78 is 5.24. The minimum Gasteiger partial charge on any atom is -0.504 e. The molecule has 1 unspecified atom stereocenters. The molecule has 1 N–H and O–H groups in total. The van der Waals surface area contributed by atoms with Crippen LogP contribution in [0.2, 0.25) is 0 Å². The molecule has 6 nitrogen and oxygen atoms in total. The molecule has 2 aliphatic heterocycles. The highest BCUT2D eigenvalue weighted by atomic mass is 32.1. The summed E-state index contributed by atoms with van der Waals surface area (Å²) in [5.74, 6) is 1.38. The molecule has 1 aromatic carbocycles. The third kappa shape index (κ3) is 4.38. The maximum absolute atomic E-state index is 13.2. The number of likely N-dealkylation sites (tertiary alicyclic amines) is 1. The van der Waals surface area contributed by atoms with Gasteiger partial charge in [-0.15, -0.1) is 11.3 Å². The maximum Gasteiger partial charge on any atom is 0.226 e. The number of methoxy groups -OCH3 is 1. The minimum atomic E-state index is 0.220. The molecule has 0 bridgehead atoms. The van der Waals surface area contributed by atoms with Crippen molar-refractivity contribution in [3.05, 3.63) is 46.2 Å². The number of phenolic OH excluding ortho intramolecular Hbond substituents is 1. The number of nitrogens with zero attached hydrogens (tertiary/aromatic N) is 3. The fourth-order valence-corrected chi connectivity index (χ4v) is 6.22. The predicted octanol–water partition coefficient (Wildman–Crippen LogP) is 3.41. The van der Waals surface area contributed by atoms with Crippen molar-refractivity contribution in [3.63, 3.8) is 0 Å². The van der Waals surface area contributed by atoms with Gasteiger partial charge in [-0.05, 0) is 55.3 Å². The number of thiophene rings is 1. The summed E-state index contributed by atoms with van der Waals surface area (Å²) in [4.78, 5) is 21.6. The lowest BCUT2D eigenvalue weighted by molar-refractivity contribution is -0.135. The van der Waals surface area contributed by atoms with E-state index in [0.717, 1.165) is 77.2 Å². The molecule has 1 saturated carbocycles. The van der Waals surface area contributed by atoms with Crippen molar-refractivity contribution < 1.29 is 14.6 Å². The molecule has 3 heterocycles. The number of hydrogen-bond acceptors (Lipinski definition) is 6. The van der Waals surface area contributed by atoms with Crippen LogP contribution in [0.1, 0.15) is 29.7 Å². The van der Waals surface area contributed by atoms with Crippen LogP contribution >= 0.6 is 11.3 Å². The Labute approximate surface area is 194 Å². The zero-order valence-electron chi connectivity index (χ0n) is 18.8. The van der Waals surface area contributed by atoms with Gasteiger partial charge in [0.25, 0.3) is 0 Å². The highest BCUT2D eigenvalue weighted by Crippen LogP contribution is 2.60. The lowest BCUT2D eigenvalue weighted by Crippen LogP contribution is -2.49. The normalized spacial score (nSPS) is 23.4. The molecule has 2 aromatic rings. The maximum atomic E-state index is 13.2. The van der Waals surface area contributed by atoms with E-state index in [-0.39, 0.29) is 17.1 Å². The monoisotopic (exact) mass is 455 g/mol. The van der Waals surface area contributed by atoms with Gasteiger partial charge in [0, 0.05) is 55.6 Å². The van der Waals surface area contributed by atoms with E-state index in [1.807, 2.05) is 23.5 Å². The second kappa shape index (κ2) is 9.04. The lowest BCUT2D eigenvalue weighted by atomic mass is 9.90. The zero-order valence-corrected chi connectivity index (χ0v) is 19.6. The van der Waals surface area contributed by atoms with E-state index in [0.29, 0.717) is 11.7 Å². The number of amides is 1. The number of rotatable bonds is 6. The van der Waals surface area contributed by atoms with Crippen molar-refractivity contribution in [2.45, 2.75) is 32.4 Å². The first-order chi connectivity index (χ1) is 15.6. The molecule has 1 amide bonds. The summed E-state index contributed by atoms with van der Waals surface area (Å²) in [5, 5.41) is 12.5. The molecule has 1 aliphatic carbocycles. The molecule has 1 atom stereocenters. The van der Waals surface area contributed by atoms with Gasteiger partial charge < -0.3 is 14.7 Å². The van der Waals surface area contributed by atoms with Crippen molar-refractivity contribution >= 4 is 17.2 Å². The number of ether oxygens (including phenoxy) is 1. The quantitative estimate of drug-likeness (QED) is 0.724. The number of aromatic hydroxyl groups is 1. The molecule has 3 fully saturated rings. The van der Waals surface area contributed by atoms with Crippen LogP contribution < -0.4 is 4.74 Å². The summed E-state index contributed by atoms with van der Waals surface area (Å²) in [6.07, 6.45) is 3.21. The van der Waals surface area contributed by atoms with E-state index >= 15 is 0 Å². The molecule has 2 saturated heterocycles. The van der Waals surface area contributed by atoms with E-state index in [1.165, 1.54) is 4.88 Å². The van der Waals surface area contributed by atoms with Crippen LogP contribution in [0, 0.1) is 11.3 Å². The van der Waals surface area contributed by atoms with Crippen LogP contribution in [0.5, 0.6) is 11.5 Å². The number of phenols is 1. The second-order valence-electron chi connectivity index (χ2n) is 9.54. The molecule has 32 heavy (non-hydrogen) atoms. The van der Waals surface area contributed by atoms with E-state index in [9.17, 15) is 9.90 Å². The van der Waals surface area contributed by atoms with Gasteiger partial charge in [0.2, 0.25) is 5.91 Å². The Kier molecular flexibility index (Phi) is 6.14. The van der Waals surface area contributed by atoms with Gasteiger partial charge in [0.1, 0.15) is 0 Å². The van der Waals surface area contributed by atoms with Gasteiger partial charge in [-0.2, -0.15) is 0 Å². The first-order valence-corrected chi connectivity index (χ1v) is 12.6. The number of piperidine rings is 1. The van der Waals surface area contributed by atoms with Gasteiger partial charge in [0.15, 0.2) is 11.5 Å². The Morgan fingerprint density at radius 3 is 2.50 bits per heavy atom. The highest BCUT2D eigenvalue weighted by molar-refractivity contribution is 7.09. The van der Waals surface area contributed by atoms with Crippen LogP contribution in [0.15, 0.2) is 35.7 Å². The molecule has 1 spiro atoms. The lowest BCUT2D eigenvalue weighted by Gasteiger charge is -2.36. The molecule has 0 radical (unpaired) electrons. The van der Waals surface area contributed by atoms with Crippen LogP contribution in [-0.2, 0) is 17.9 Å². The smallest absolute Gasteiger partial charge is 0.226 e. The van der Waals surface area contributed by atoms with Gasteiger partial charge >= 0.3 is 0 Å². The number of para-hydroxylation sites is 1. The fraction of sp³-hybridized carbons (Fsp3) is 0.560. The van der Waals surface area contributed by atoms with Crippen molar-refractivity contribution in [2.75, 3.05) is 46.4 Å². The van der Waals surface area contributed by atoms with Gasteiger partial charge in [-0.25, -0.2) is 0 Å². The van der Waals surface area contributed by atoms with Crippen LogP contribution in [-0.4, -0.2) is 72.1 Å². The molecule has 172 valence electrons. The SMILES string of the molecule is COc1cccc(CN2CCC3(CC2)CC3C(=O)N2CCN(Cc3cccs3)CC2)c1O. The largest absolute Gasteiger partial charge is 0.504 e. The third-order valence-corrected chi connectivity index (χ3v) is 8.54. The van der Waals surface area contributed by atoms with Gasteiger partial charge in [-0.1, -0.05) is 18.2 Å². The molecular formula is C25H33N3O3S. The molecule has 1 aromatic heterocycles. The van der Waals surface area contributed by atoms with Crippen molar-refractivity contribution in [1.29, 1.82) is 0 Å². The fourth-order valence-electron chi connectivity index (χ4n) is 5.48. The predicted molar refractivity (Wildman–Crippen MR) is 126 cm³/mol. The molecular weight excluding hydrogens is 422 g/mol. The van der Waals surface area contributed by atoms with Gasteiger partial charge in [0.05, 0.1) is 7.11 Å². The average Bonchev–Trinajstić information content (AvgIpc) is 3.25. The average molecular weight is 456 g/mol.